The zero-order valence-electron chi connectivity index (χ0n) is 50.2. The van der Waals surface area contributed by atoms with Crippen LogP contribution < -0.4 is 9.47 Å². The normalized spacial score (nSPS) is 22.8. The van der Waals surface area contributed by atoms with E-state index in [2.05, 4.69) is 76.2 Å². The number of carbonyl (C=O) groups is 3. The number of rotatable bonds is 19. The van der Waals surface area contributed by atoms with Gasteiger partial charge in [0.2, 0.25) is 11.8 Å². The number of hydrogen-bond acceptors (Lipinski definition) is 5. The van der Waals surface area contributed by atoms with Gasteiger partial charge in [0.05, 0.1) is 29.1 Å². The third-order valence-corrected chi connectivity index (χ3v) is 19.2. The molecule has 4 aliphatic rings. The fourth-order valence-corrected chi connectivity index (χ4v) is 14.7. The topological polar surface area (TPSA) is 76.2 Å². The van der Waals surface area contributed by atoms with Crippen LogP contribution in [0.4, 0.5) is 26.3 Å². The molecule has 0 bridgehead atoms. The predicted octanol–water partition coefficient (Wildman–Crippen LogP) is 17.1. The number of Topliss-reactive ketones (excluding diaryl/α,β-unsaturated/α-hetero) is 1. The maximum atomic E-state index is 14.9. The third kappa shape index (κ3) is 14.6. The third-order valence-electron chi connectivity index (χ3n) is 19.2. The molecule has 2 amide bonds. The molecule has 0 aromatic heterocycles. The van der Waals surface area contributed by atoms with Crippen molar-refractivity contribution in [1.82, 2.24) is 9.80 Å². The van der Waals surface area contributed by atoms with Crippen molar-refractivity contribution in [3.63, 3.8) is 0 Å². The molecule has 4 fully saturated rings. The molecule has 2 saturated carbocycles. The fourth-order valence-electron chi connectivity index (χ4n) is 14.7. The minimum Gasteiger partial charge on any atom is -0.493 e. The van der Waals surface area contributed by atoms with Gasteiger partial charge in [-0.15, -0.1) is 0 Å². The first-order valence-electron chi connectivity index (χ1n) is 31.1. The Morgan fingerprint density at radius 2 is 1.28 bits per heavy atom. The summed E-state index contributed by atoms with van der Waals surface area (Å²) in [5.41, 5.74) is 4.10. The molecule has 456 valence electrons. The average Bonchev–Trinajstić information content (AvgIpc) is 1.03. The molecule has 2 aliphatic carbocycles. The summed E-state index contributed by atoms with van der Waals surface area (Å²) in [6, 6.07) is 46.1. The van der Waals surface area contributed by atoms with E-state index in [4.69, 9.17) is 9.47 Å². The van der Waals surface area contributed by atoms with Crippen molar-refractivity contribution < 1.29 is 50.2 Å². The smallest absolute Gasteiger partial charge is 0.416 e. The van der Waals surface area contributed by atoms with E-state index < -0.39 is 40.9 Å². The first kappa shape index (κ1) is 62.2. The van der Waals surface area contributed by atoms with Crippen LogP contribution in [-0.4, -0.2) is 60.2 Å². The highest BCUT2D eigenvalue weighted by atomic mass is 19.4. The van der Waals surface area contributed by atoms with E-state index in [1.54, 1.807) is 0 Å². The van der Waals surface area contributed by atoms with E-state index >= 15 is 0 Å². The molecule has 7 nitrogen and oxygen atoms in total. The summed E-state index contributed by atoms with van der Waals surface area (Å²) in [4.78, 5) is 48.2. The molecule has 0 radical (unpaired) electrons. The first-order valence-corrected chi connectivity index (χ1v) is 31.1. The van der Waals surface area contributed by atoms with E-state index in [0.717, 1.165) is 115 Å². The van der Waals surface area contributed by atoms with E-state index in [9.17, 15) is 40.7 Å². The van der Waals surface area contributed by atoms with Gasteiger partial charge in [-0.2, -0.15) is 26.3 Å². The lowest BCUT2D eigenvalue weighted by molar-refractivity contribution is -0.143. The molecule has 0 N–H and O–H groups in total. The molecule has 6 aromatic rings. The van der Waals surface area contributed by atoms with Gasteiger partial charge in [-0.1, -0.05) is 143 Å². The number of likely N-dealkylation sites (tertiary alicyclic amines) is 2. The van der Waals surface area contributed by atoms with Crippen LogP contribution in [0.1, 0.15) is 155 Å². The summed E-state index contributed by atoms with van der Waals surface area (Å²) in [7, 11) is 0. The summed E-state index contributed by atoms with van der Waals surface area (Å²) >= 11 is 0. The number of piperidine rings is 2. The number of hydrogen-bond donors (Lipinski definition) is 0. The van der Waals surface area contributed by atoms with E-state index in [-0.39, 0.29) is 65.3 Å². The van der Waals surface area contributed by atoms with Crippen LogP contribution >= 0.6 is 0 Å². The quantitative estimate of drug-likeness (QED) is 0.0756. The van der Waals surface area contributed by atoms with Crippen molar-refractivity contribution in [1.29, 1.82) is 0 Å². The molecule has 2 saturated heterocycles. The number of carbonyl (C=O) groups excluding carboxylic acids is 3. The number of ether oxygens (including phenoxy) is 2. The Hall–Kier alpha value is -6.89. The second kappa shape index (κ2) is 26.2. The van der Waals surface area contributed by atoms with Crippen molar-refractivity contribution >= 4 is 17.6 Å². The van der Waals surface area contributed by atoms with E-state index in [1.807, 2.05) is 77.4 Å². The summed E-state index contributed by atoms with van der Waals surface area (Å²) in [6.45, 7) is 13.3. The highest BCUT2D eigenvalue weighted by Crippen LogP contribution is 2.49. The van der Waals surface area contributed by atoms with Crippen LogP contribution in [0.3, 0.4) is 0 Å². The molecule has 6 aromatic carbocycles. The SMILES string of the molecule is CC(Cc1ccccc1C(C)C(=O)N1CCCC(C(Oc2ccc(C(F)(F)F)cc2)c2ccccc2)C1)CC1C(=O)C(Cc2ccc(C3(C(=O)N4CCC(c5ccccc5)C(COc5ccc(C(F)(F)F)cc5)C4)CCC3)cc2)CC1CC(C)(C)C. The summed E-state index contributed by atoms with van der Waals surface area (Å²) in [5, 5.41) is 0. The zero-order chi connectivity index (χ0) is 61.0. The minimum atomic E-state index is -4.46. The van der Waals surface area contributed by atoms with Crippen LogP contribution in [0.5, 0.6) is 11.5 Å². The number of nitrogens with zero attached hydrogens (tertiary/aromatic N) is 2. The molecule has 0 spiro atoms. The standard InChI is InChI=1S/C73H82F6N2O5/c1-48(40-53-20-12-13-22-63(53)49(2)68(83)80-38-14-21-54(45-80)67(52-18-10-7-11-19-52)86-62-33-29-60(30-34-62)73(77,78)79)41-65-56(44-70(3,4)5)43-55(66(65)82)42-50-23-25-58(26-24-50)71(36-15-37-71)69(84)81-39-35-64(51-16-8-6-9-17-51)57(46-81)47-85-61-31-27-59(28-32-61)72(74,75)76/h6-13,16-20,22-34,48-49,54-57,64-65,67H,14-15,21,35-47H2,1-5H3. The maximum Gasteiger partial charge on any atom is 0.416 e. The van der Waals surface area contributed by atoms with Crippen LogP contribution in [0, 0.1) is 40.9 Å². The van der Waals surface area contributed by atoms with E-state index in [0.29, 0.717) is 56.3 Å². The van der Waals surface area contributed by atoms with Crippen LogP contribution in [-0.2, 0) is 45.0 Å². The second-order valence-electron chi connectivity index (χ2n) is 26.6. The molecule has 9 unspecified atom stereocenters. The Kier molecular flexibility index (Phi) is 18.9. The molecular formula is C73H82F6N2O5. The van der Waals surface area contributed by atoms with Crippen molar-refractivity contribution in [2.24, 2.45) is 40.9 Å². The summed E-state index contributed by atoms with van der Waals surface area (Å²) in [5.74, 6) is 0.808. The minimum absolute atomic E-state index is 0.0217. The van der Waals surface area contributed by atoms with Crippen LogP contribution in [0.15, 0.2) is 158 Å². The van der Waals surface area contributed by atoms with Gasteiger partial charge < -0.3 is 19.3 Å². The summed E-state index contributed by atoms with van der Waals surface area (Å²) in [6.07, 6.45) is -0.816. The van der Waals surface area contributed by atoms with Gasteiger partial charge in [-0.3, -0.25) is 14.4 Å². The number of amides is 2. The van der Waals surface area contributed by atoms with Crippen molar-refractivity contribution in [2.75, 3.05) is 32.8 Å². The number of halogens is 6. The van der Waals surface area contributed by atoms with E-state index in [1.165, 1.54) is 24.3 Å². The van der Waals surface area contributed by atoms with Crippen molar-refractivity contribution in [2.45, 2.75) is 141 Å². The Morgan fingerprint density at radius 1 is 0.663 bits per heavy atom. The van der Waals surface area contributed by atoms with Gasteiger partial charge >= 0.3 is 12.4 Å². The summed E-state index contributed by atoms with van der Waals surface area (Å²) < 4.78 is 93.0. The average molecular weight is 1180 g/mol. The Bertz CT molecular complexity index is 3230. The maximum absolute atomic E-state index is 14.9. The largest absolute Gasteiger partial charge is 0.493 e. The molecular weight excluding hydrogens is 1100 g/mol. The Morgan fingerprint density at radius 3 is 1.90 bits per heavy atom. The number of alkyl halides is 6. The van der Waals surface area contributed by atoms with Gasteiger partial charge in [-0.25, -0.2) is 0 Å². The Balaban J connectivity index is 0.778. The van der Waals surface area contributed by atoms with Gasteiger partial charge in [0, 0.05) is 49.9 Å². The lowest BCUT2D eigenvalue weighted by Gasteiger charge is -2.47. The lowest BCUT2D eigenvalue weighted by Crippen LogP contribution is -2.55. The monoisotopic (exact) mass is 1180 g/mol. The van der Waals surface area contributed by atoms with Crippen molar-refractivity contribution in [3.8, 4) is 11.5 Å². The van der Waals surface area contributed by atoms with Gasteiger partial charge in [0.1, 0.15) is 23.4 Å². The number of benzene rings is 6. The molecule has 13 heteroatoms. The van der Waals surface area contributed by atoms with Gasteiger partial charge in [0.15, 0.2) is 0 Å². The fraction of sp³-hybridized carbons (Fsp3) is 0.466. The molecule has 86 heavy (non-hydrogen) atoms. The predicted molar refractivity (Wildman–Crippen MR) is 324 cm³/mol. The van der Waals surface area contributed by atoms with Gasteiger partial charge in [-0.05, 0) is 176 Å². The second-order valence-corrected chi connectivity index (χ2v) is 26.6. The van der Waals surface area contributed by atoms with Crippen LogP contribution in [0.25, 0.3) is 0 Å². The highest BCUT2D eigenvalue weighted by Gasteiger charge is 2.50. The first-order chi connectivity index (χ1) is 41.0. The molecule has 10 rings (SSSR count). The van der Waals surface area contributed by atoms with Gasteiger partial charge in [0.25, 0.3) is 0 Å². The lowest BCUT2D eigenvalue weighted by atomic mass is 9.63. The molecule has 2 heterocycles. The number of ketones is 1. The van der Waals surface area contributed by atoms with Crippen molar-refractivity contribution in [3.05, 3.63) is 202 Å². The Labute approximate surface area is 503 Å². The highest BCUT2D eigenvalue weighted by molar-refractivity contribution is 5.90. The van der Waals surface area contributed by atoms with Crippen LogP contribution in [0.2, 0.25) is 0 Å². The molecule has 2 aliphatic heterocycles. The molecule has 9 atom stereocenters. The zero-order valence-corrected chi connectivity index (χ0v) is 50.2.